The van der Waals surface area contributed by atoms with E-state index in [1.165, 1.54) is 23.5 Å². The third kappa shape index (κ3) is 3.77. The molecule has 0 spiro atoms. The van der Waals surface area contributed by atoms with Gasteiger partial charge in [-0.25, -0.2) is 4.98 Å². The molecule has 108 valence electrons. The van der Waals surface area contributed by atoms with Crippen molar-refractivity contribution in [3.05, 3.63) is 35.3 Å². The van der Waals surface area contributed by atoms with Crippen molar-refractivity contribution in [1.82, 2.24) is 4.98 Å². The topological polar surface area (TPSA) is 56.3 Å². The second-order valence-electron chi connectivity index (χ2n) is 5.29. The van der Waals surface area contributed by atoms with E-state index in [9.17, 15) is 12.3 Å². The summed E-state index contributed by atoms with van der Waals surface area (Å²) in [6.07, 6.45) is 0. The van der Waals surface area contributed by atoms with E-state index in [2.05, 4.69) is 29.9 Å². The van der Waals surface area contributed by atoms with Crippen LogP contribution < -0.4 is 4.18 Å². The second-order valence-corrected chi connectivity index (χ2v) is 7.10. The van der Waals surface area contributed by atoms with Crippen LogP contribution >= 0.6 is 11.3 Å². The highest BCUT2D eigenvalue weighted by Crippen LogP contribution is 2.30. The molecular weight excluding hydrogens is 301 g/mol. The number of thiazole rings is 1. The maximum absolute atomic E-state index is 12.4. The molecule has 2 aromatic rings. The highest BCUT2D eigenvalue weighted by atomic mass is 32.3. The molecule has 0 saturated carbocycles. The Kier molecular flexibility index (Phi) is 3.84. The first-order valence-electron chi connectivity index (χ1n) is 5.86. The smallest absolute Gasteiger partial charge is 0.358 e. The summed E-state index contributed by atoms with van der Waals surface area (Å²) in [5.41, 5.74) is 1.79. The van der Waals surface area contributed by atoms with E-state index in [4.69, 9.17) is 0 Å². The van der Waals surface area contributed by atoms with E-state index < -0.39 is 10.5 Å². The van der Waals surface area contributed by atoms with Crippen molar-refractivity contribution >= 4 is 21.8 Å². The average molecular weight is 315 g/mol. The number of aromatic nitrogens is 1. The van der Waals surface area contributed by atoms with Crippen molar-refractivity contribution in [3.8, 4) is 16.3 Å². The van der Waals surface area contributed by atoms with Gasteiger partial charge < -0.3 is 4.18 Å². The molecule has 0 amide bonds. The molecule has 1 aromatic carbocycles. The van der Waals surface area contributed by atoms with Crippen LogP contribution in [0.2, 0.25) is 0 Å². The molecule has 0 aliphatic carbocycles. The number of hydrogen-bond donors (Lipinski definition) is 0. The highest BCUT2D eigenvalue weighted by Gasteiger charge is 2.18. The summed E-state index contributed by atoms with van der Waals surface area (Å²) in [5, 5.41) is 2.82. The maximum atomic E-state index is 12.4. The lowest BCUT2D eigenvalue weighted by atomic mass is 9.93. The first-order chi connectivity index (χ1) is 9.15. The summed E-state index contributed by atoms with van der Waals surface area (Å²) >= 11 is 1.50. The maximum Gasteiger partial charge on any atom is 0.488 e. The van der Waals surface area contributed by atoms with Crippen molar-refractivity contribution in [2.45, 2.75) is 26.2 Å². The molecule has 0 radical (unpaired) electrons. The van der Waals surface area contributed by atoms with Crippen molar-refractivity contribution in [2.24, 2.45) is 0 Å². The van der Waals surface area contributed by atoms with E-state index >= 15 is 0 Å². The van der Waals surface area contributed by atoms with Crippen molar-refractivity contribution < 1.29 is 16.5 Å². The number of nitrogens with zero attached hydrogens (tertiary/aromatic N) is 1. The van der Waals surface area contributed by atoms with Crippen LogP contribution in [0.25, 0.3) is 10.6 Å². The minimum atomic E-state index is -4.98. The molecule has 0 atom stereocenters. The predicted octanol–water partition coefficient (Wildman–Crippen LogP) is 3.70. The minimum Gasteiger partial charge on any atom is -0.358 e. The van der Waals surface area contributed by atoms with Gasteiger partial charge >= 0.3 is 10.5 Å². The summed E-state index contributed by atoms with van der Waals surface area (Å²) in [6.45, 7) is 6.23. The Balaban J connectivity index is 2.24. The van der Waals surface area contributed by atoms with Gasteiger partial charge in [-0.05, 0) is 24.3 Å². The van der Waals surface area contributed by atoms with Crippen LogP contribution in [-0.4, -0.2) is 13.4 Å². The van der Waals surface area contributed by atoms with Crippen LogP contribution in [0.3, 0.4) is 0 Å². The lowest BCUT2D eigenvalue weighted by Gasteiger charge is -2.14. The Morgan fingerprint density at radius 3 is 2.25 bits per heavy atom. The summed E-state index contributed by atoms with van der Waals surface area (Å²) < 4.78 is 37.3. The van der Waals surface area contributed by atoms with Crippen LogP contribution in [0.15, 0.2) is 29.6 Å². The van der Waals surface area contributed by atoms with E-state index in [1.807, 2.05) is 5.38 Å². The molecule has 0 unspecified atom stereocenters. The Labute approximate surface area is 121 Å². The van der Waals surface area contributed by atoms with Gasteiger partial charge in [0.1, 0.15) is 10.8 Å². The Morgan fingerprint density at radius 1 is 1.20 bits per heavy atom. The lowest BCUT2D eigenvalue weighted by molar-refractivity contribution is 0.440. The minimum absolute atomic E-state index is 0.0277. The van der Waals surface area contributed by atoms with E-state index in [0.29, 0.717) is 0 Å². The molecule has 0 aliphatic rings. The van der Waals surface area contributed by atoms with Crippen LogP contribution in [0.1, 0.15) is 26.5 Å². The highest BCUT2D eigenvalue weighted by molar-refractivity contribution is 7.81. The van der Waals surface area contributed by atoms with Crippen LogP contribution in [0.5, 0.6) is 5.75 Å². The van der Waals surface area contributed by atoms with Crippen LogP contribution in [-0.2, 0) is 15.9 Å². The third-order valence-corrected chi connectivity index (χ3v) is 3.85. The van der Waals surface area contributed by atoms with Gasteiger partial charge in [-0.15, -0.1) is 11.3 Å². The monoisotopic (exact) mass is 315 g/mol. The average Bonchev–Trinajstić information content (AvgIpc) is 2.76. The molecule has 0 saturated heterocycles. The normalized spacial score (nSPS) is 12.4. The molecular formula is C13H14FNO3S2. The predicted molar refractivity (Wildman–Crippen MR) is 76.9 cm³/mol. The summed E-state index contributed by atoms with van der Waals surface area (Å²) in [7, 11) is -4.98. The number of rotatable bonds is 3. The van der Waals surface area contributed by atoms with E-state index in [0.717, 1.165) is 16.3 Å². The first-order valence-corrected chi connectivity index (χ1v) is 8.04. The molecule has 4 nitrogen and oxygen atoms in total. The zero-order valence-electron chi connectivity index (χ0n) is 11.3. The molecule has 0 bridgehead atoms. The quantitative estimate of drug-likeness (QED) is 0.810. The largest absolute Gasteiger partial charge is 0.488 e. The van der Waals surface area contributed by atoms with Gasteiger partial charge in [-0.3, -0.25) is 0 Å². The fraction of sp³-hybridized carbons (Fsp3) is 0.308. The van der Waals surface area contributed by atoms with Crippen LogP contribution in [0.4, 0.5) is 3.89 Å². The lowest BCUT2D eigenvalue weighted by Crippen LogP contribution is -2.11. The number of hydrogen-bond acceptors (Lipinski definition) is 5. The first kappa shape index (κ1) is 14.9. The summed E-state index contributed by atoms with van der Waals surface area (Å²) in [6, 6.07) is 6.08. The molecule has 2 rings (SSSR count). The van der Waals surface area contributed by atoms with Gasteiger partial charge in [0.05, 0.1) is 5.69 Å². The van der Waals surface area contributed by atoms with Gasteiger partial charge in [-0.1, -0.05) is 24.7 Å². The Hall–Kier alpha value is -1.47. The Bertz CT molecular complexity index is 700. The zero-order chi connectivity index (χ0) is 15.0. The van der Waals surface area contributed by atoms with Gasteiger partial charge in [0, 0.05) is 16.4 Å². The van der Waals surface area contributed by atoms with Gasteiger partial charge in [0.25, 0.3) is 0 Å². The van der Waals surface area contributed by atoms with Gasteiger partial charge in [-0.2, -0.15) is 8.42 Å². The summed E-state index contributed by atoms with van der Waals surface area (Å²) in [4.78, 5) is 4.54. The summed E-state index contributed by atoms with van der Waals surface area (Å²) in [5.74, 6) is -0.0659. The fourth-order valence-corrected chi connectivity index (χ4v) is 2.91. The van der Waals surface area contributed by atoms with Crippen LogP contribution in [0, 0.1) is 0 Å². The van der Waals surface area contributed by atoms with E-state index in [-0.39, 0.29) is 11.2 Å². The standard InChI is InChI=1S/C13H14FNO3S2/c1-13(2,3)11-8-19-12(15-11)9-4-6-10(7-5-9)18-20(14,16)17/h4-8H,1-3H3. The molecule has 1 heterocycles. The molecule has 0 fully saturated rings. The fourth-order valence-electron chi connectivity index (χ4n) is 1.52. The molecule has 7 heteroatoms. The second kappa shape index (κ2) is 5.14. The molecule has 20 heavy (non-hydrogen) atoms. The van der Waals surface area contributed by atoms with Crippen molar-refractivity contribution in [3.63, 3.8) is 0 Å². The molecule has 1 aromatic heterocycles. The van der Waals surface area contributed by atoms with Crippen molar-refractivity contribution in [2.75, 3.05) is 0 Å². The van der Waals surface area contributed by atoms with Gasteiger partial charge in [0.15, 0.2) is 0 Å². The van der Waals surface area contributed by atoms with E-state index in [1.54, 1.807) is 12.1 Å². The molecule has 0 aliphatic heterocycles. The number of halogens is 1. The Morgan fingerprint density at radius 2 is 1.80 bits per heavy atom. The van der Waals surface area contributed by atoms with Crippen molar-refractivity contribution in [1.29, 1.82) is 0 Å². The SMILES string of the molecule is CC(C)(C)c1csc(-c2ccc(OS(=O)(=O)F)cc2)n1. The third-order valence-electron chi connectivity index (χ3n) is 2.57. The molecule has 0 N–H and O–H groups in total. The number of benzene rings is 1. The zero-order valence-corrected chi connectivity index (χ0v) is 12.9. The van der Waals surface area contributed by atoms with Gasteiger partial charge in [0.2, 0.25) is 0 Å².